The van der Waals surface area contributed by atoms with E-state index in [2.05, 4.69) is 21.2 Å². The minimum Gasteiger partial charge on any atom is -0.497 e. The highest BCUT2D eigenvalue weighted by Crippen LogP contribution is 2.28. The van der Waals surface area contributed by atoms with Crippen LogP contribution in [0.4, 0.5) is 5.69 Å². The molecule has 0 aromatic heterocycles. The highest BCUT2D eigenvalue weighted by Gasteiger charge is 2.19. The molecular weight excluding hydrogens is 358 g/mol. The second-order valence-corrected chi connectivity index (χ2v) is 5.58. The van der Waals surface area contributed by atoms with Crippen LogP contribution in [0.1, 0.15) is 11.6 Å². The van der Waals surface area contributed by atoms with E-state index in [1.807, 2.05) is 0 Å². The highest BCUT2D eigenvalue weighted by molar-refractivity contribution is 9.10. The number of hydrogen-bond acceptors (Lipinski definition) is 3. The molecule has 0 spiro atoms. The maximum absolute atomic E-state index is 11.5. The smallest absolute Gasteiger partial charge is 0.330 e. The van der Waals surface area contributed by atoms with E-state index in [0.29, 0.717) is 26.5 Å². The van der Waals surface area contributed by atoms with Gasteiger partial charge in [-0.1, -0.05) is 23.7 Å². The van der Waals surface area contributed by atoms with Crippen molar-refractivity contribution in [3.63, 3.8) is 0 Å². The summed E-state index contributed by atoms with van der Waals surface area (Å²) < 4.78 is 5.77. The van der Waals surface area contributed by atoms with Gasteiger partial charge in [-0.25, -0.2) is 4.79 Å². The Balaban J connectivity index is 2.26. The Labute approximate surface area is 135 Å². The number of benzene rings is 2. The third kappa shape index (κ3) is 3.89. The predicted octanol–water partition coefficient (Wildman–Crippen LogP) is 4.35. The number of rotatable bonds is 5. The van der Waals surface area contributed by atoms with Gasteiger partial charge in [-0.2, -0.15) is 0 Å². The molecule has 0 radical (unpaired) electrons. The molecule has 0 aliphatic heterocycles. The molecule has 0 amide bonds. The normalized spacial score (nSPS) is 11.8. The van der Waals surface area contributed by atoms with Gasteiger partial charge in [0.15, 0.2) is 6.04 Å². The number of nitrogens with one attached hydrogen (secondary N) is 1. The number of aliphatic carboxylic acids is 1. The van der Waals surface area contributed by atoms with Crippen molar-refractivity contribution in [2.75, 3.05) is 12.4 Å². The summed E-state index contributed by atoms with van der Waals surface area (Å²) in [5, 5.41) is 12.9. The van der Waals surface area contributed by atoms with E-state index in [9.17, 15) is 9.90 Å². The molecule has 0 aliphatic carbocycles. The lowest BCUT2D eigenvalue weighted by Crippen LogP contribution is -2.20. The number of hydrogen-bond donors (Lipinski definition) is 2. The predicted molar refractivity (Wildman–Crippen MR) is 86.1 cm³/mol. The van der Waals surface area contributed by atoms with E-state index in [4.69, 9.17) is 16.3 Å². The molecule has 2 aromatic rings. The molecule has 0 bridgehead atoms. The minimum atomic E-state index is -0.966. The van der Waals surface area contributed by atoms with Crippen LogP contribution < -0.4 is 10.1 Å². The number of anilines is 1. The van der Waals surface area contributed by atoms with E-state index >= 15 is 0 Å². The highest BCUT2D eigenvalue weighted by atomic mass is 79.9. The first-order valence-electron chi connectivity index (χ1n) is 6.09. The van der Waals surface area contributed by atoms with E-state index in [0.717, 1.165) is 0 Å². The van der Waals surface area contributed by atoms with Crippen LogP contribution in [0.5, 0.6) is 5.75 Å². The van der Waals surface area contributed by atoms with Crippen molar-refractivity contribution in [2.45, 2.75) is 6.04 Å². The Morgan fingerprint density at radius 1 is 1.29 bits per heavy atom. The van der Waals surface area contributed by atoms with E-state index in [1.165, 1.54) is 0 Å². The molecule has 1 unspecified atom stereocenters. The Bertz CT molecular complexity index is 646. The summed E-state index contributed by atoms with van der Waals surface area (Å²) in [6, 6.07) is 11.2. The van der Waals surface area contributed by atoms with Crippen LogP contribution in [0.15, 0.2) is 46.9 Å². The molecule has 4 nitrogen and oxygen atoms in total. The van der Waals surface area contributed by atoms with Crippen LogP contribution in [0.25, 0.3) is 0 Å². The molecule has 21 heavy (non-hydrogen) atoms. The van der Waals surface area contributed by atoms with Crippen molar-refractivity contribution in [2.24, 2.45) is 0 Å². The average molecular weight is 371 g/mol. The first-order chi connectivity index (χ1) is 10.0. The van der Waals surface area contributed by atoms with Gasteiger partial charge >= 0.3 is 5.97 Å². The number of halogens is 2. The van der Waals surface area contributed by atoms with Crippen LogP contribution in [-0.2, 0) is 4.79 Å². The van der Waals surface area contributed by atoms with Crippen molar-refractivity contribution < 1.29 is 14.6 Å². The van der Waals surface area contributed by atoms with Crippen LogP contribution in [0.2, 0.25) is 5.02 Å². The molecule has 6 heteroatoms. The summed E-state index contributed by atoms with van der Waals surface area (Å²) in [5.41, 5.74) is 1.30. The Morgan fingerprint density at radius 2 is 1.95 bits per heavy atom. The zero-order chi connectivity index (χ0) is 15.4. The molecule has 1 atom stereocenters. The summed E-state index contributed by atoms with van der Waals surface area (Å²) in [6.07, 6.45) is 0. The second kappa shape index (κ2) is 6.83. The maximum Gasteiger partial charge on any atom is 0.330 e. The van der Waals surface area contributed by atoms with Gasteiger partial charge in [0.2, 0.25) is 0 Å². The first kappa shape index (κ1) is 15.7. The third-order valence-electron chi connectivity index (χ3n) is 2.93. The fraction of sp³-hybridized carbons (Fsp3) is 0.133. The van der Waals surface area contributed by atoms with Gasteiger partial charge in [0, 0.05) is 10.2 Å². The monoisotopic (exact) mass is 369 g/mol. The van der Waals surface area contributed by atoms with Crippen LogP contribution in [-0.4, -0.2) is 18.2 Å². The Kier molecular flexibility index (Phi) is 5.09. The Hall–Kier alpha value is -1.72. The van der Waals surface area contributed by atoms with Crippen molar-refractivity contribution in [3.8, 4) is 5.75 Å². The van der Waals surface area contributed by atoms with Crippen LogP contribution >= 0.6 is 27.5 Å². The zero-order valence-corrected chi connectivity index (χ0v) is 13.5. The maximum atomic E-state index is 11.5. The number of carboxylic acid groups (broad SMARTS) is 1. The molecule has 0 saturated heterocycles. The van der Waals surface area contributed by atoms with Gasteiger partial charge in [-0.15, -0.1) is 0 Å². The number of ether oxygens (including phenoxy) is 1. The third-order valence-corrected chi connectivity index (χ3v) is 4.14. The fourth-order valence-corrected chi connectivity index (χ4v) is 2.33. The minimum absolute atomic E-state index is 0.567. The van der Waals surface area contributed by atoms with Crippen LogP contribution in [0.3, 0.4) is 0 Å². The molecule has 0 saturated carbocycles. The average Bonchev–Trinajstić information content (AvgIpc) is 2.48. The number of carboxylic acids is 1. The molecule has 110 valence electrons. The molecule has 2 N–H and O–H groups in total. The van der Waals surface area contributed by atoms with Gasteiger partial charge < -0.3 is 15.2 Å². The Morgan fingerprint density at radius 3 is 2.48 bits per heavy atom. The molecule has 2 rings (SSSR count). The van der Waals surface area contributed by atoms with Gasteiger partial charge in [0.1, 0.15) is 5.75 Å². The van der Waals surface area contributed by atoms with E-state index < -0.39 is 12.0 Å². The molecular formula is C15H13BrClNO3. The number of carbonyl (C=O) groups is 1. The van der Waals surface area contributed by atoms with Gasteiger partial charge in [-0.05, 0) is 51.8 Å². The quantitative estimate of drug-likeness (QED) is 0.821. The summed E-state index contributed by atoms with van der Waals surface area (Å²) >= 11 is 9.24. The van der Waals surface area contributed by atoms with E-state index in [-0.39, 0.29) is 0 Å². The fourth-order valence-electron chi connectivity index (χ4n) is 1.84. The second-order valence-electron chi connectivity index (χ2n) is 4.32. The molecule has 0 heterocycles. The number of methoxy groups -OCH3 is 1. The van der Waals surface area contributed by atoms with Crippen molar-refractivity contribution in [1.82, 2.24) is 0 Å². The van der Waals surface area contributed by atoms with Crippen molar-refractivity contribution in [1.29, 1.82) is 0 Å². The topological polar surface area (TPSA) is 58.6 Å². The van der Waals surface area contributed by atoms with Gasteiger partial charge in [0.05, 0.1) is 12.1 Å². The van der Waals surface area contributed by atoms with Crippen molar-refractivity contribution in [3.05, 3.63) is 57.5 Å². The lowest BCUT2D eigenvalue weighted by atomic mass is 10.1. The first-order valence-corrected chi connectivity index (χ1v) is 7.26. The summed E-state index contributed by atoms with van der Waals surface area (Å²) in [6.45, 7) is 0. The van der Waals surface area contributed by atoms with E-state index in [1.54, 1.807) is 49.6 Å². The SMILES string of the molecule is COc1ccc(C(Nc2ccc(Cl)c(Br)c2)C(=O)O)cc1. The summed E-state index contributed by atoms with van der Waals surface area (Å²) in [4.78, 5) is 11.5. The zero-order valence-electron chi connectivity index (χ0n) is 11.1. The lowest BCUT2D eigenvalue weighted by molar-refractivity contribution is -0.138. The van der Waals surface area contributed by atoms with Crippen LogP contribution in [0, 0.1) is 0 Å². The molecule has 0 fully saturated rings. The molecule has 2 aromatic carbocycles. The molecule has 0 aliphatic rings. The summed E-state index contributed by atoms with van der Waals surface area (Å²) in [7, 11) is 1.56. The standard InChI is InChI=1S/C15H13BrClNO3/c1-21-11-5-2-9(3-6-11)14(15(19)20)18-10-4-7-13(17)12(16)8-10/h2-8,14,18H,1H3,(H,19,20). The largest absolute Gasteiger partial charge is 0.497 e. The lowest BCUT2D eigenvalue weighted by Gasteiger charge is -2.17. The summed E-state index contributed by atoms with van der Waals surface area (Å²) in [5.74, 6) is -0.289. The van der Waals surface area contributed by atoms with Crippen molar-refractivity contribution >= 4 is 39.2 Å². The van der Waals surface area contributed by atoms with Gasteiger partial charge in [-0.3, -0.25) is 0 Å². The van der Waals surface area contributed by atoms with Gasteiger partial charge in [0.25, 0.3) is 0 Å².